The zero-order chi connectivity index (χ0) is 5.21. The maximum absolute atomic E-state index is 2.44. The van der Waals surface area contributed by atoms with Crippen LogP contribution in [0, 0.1) is 0 Å². The van der Waals surface area contributed by atoms with Gasteiger partial charge in [0.2, 0.25) is 0 Å². The Labute approximate surface area is 44.9 Å². The molecule has 0 aliphatic heterocycles. The van der Waals surface area contributed by atoms with E-state index in [1.807, 2.05) is 0 Å². The van der Waals surface area contributed by atoms with E-state index in [4.69, 9.17) is 0 Å². The molecule has 0 aliphatic rings. The summed E-state index contributed by atoms with van der Waals surface area (Å²) in [7, 11) is 0. The summed E-state index contributed by atoms with van der Waals surface area (Å²) in [4.78, 5) is 7.33. The summed E-state index contributed by atoms with van der Waals surface area (Å²) in [6.07, 6.45) is 0. The van der Waals surface area contributed by atoms with E-state index in [0.717, 1.165) is 0 Å². The molecule has 1 radical (unpaired) electrons. The summed E-state index contributed by atoms with van der Waals surface area (Å²) in [5.41, 5.74) is 0. The molecule has 0 nitrogen and oxygen atoms in total. The van der Waals surface area contributed by atoms with Gasteiger partial charge in [0.1, 0.15) is 0 Å². The van der Waals surface area contributed by atoms with Crippen LogP contribution in [0.1, 0.15) is 6.92 Å². The Balaban J connectivity index is 3.17. The van der Waals surface area contributed by atoms with Gasteiger partial charge in [0, 0.05) is 0 Å². The molecule has 0 N–H and O–H groups in total. The van der Waals surface area contributed by atoms with Crippen LogP contribution in [-0.4, -0.2) is 18.8 Å². The molecule has 0 aromatic rings. The molecule has 6 heavy (non-hydrogen) atoms. The molecule has 0 bridgehead atoms. The van der Waals surface area contributed by atoms with Gasteiger partial charge in [-0.2, -0.15) is 0 Å². The molecule has 0 aliphatic carbocycles. The second-order valence-corrected chi connectivity index (χ2v) is 17.5. The van der Waals surface area contributed by atoms with Crippen molar-refractivity contribution in [2.45, 2.75) is 25.9 Å². The molecule has 0 rings (SSSR count). The Morgan fingerprint density at radius 3 is 1.33 bits per heavy atom. The van der Waals surface area contributed by atoms with Crippen molar-refractivity contribution in [2.24, 2.45) is 0 Å². The third kappa shape index (κ3) is 4.82. The van der Waals surface area contributed by atoms with Crippen LogP contribution >= 0.6 is 0 Å². The molecule has 0 aromatic heterocycles. The molecule has 0 saturated heterocycles. The number of hydrogen-bond donors (Lipinski definition) is 0. The first-order chi connectivity index (χ1) is 2.56. The second-order valence-electron chi connectivity index (χ2n) is 2.61. The van der Waals surface area contributed by atoms with Crippen LogP contribution in [0.15, 0.2) is 0 Å². The standard InChI is InChI=1S/C2H5.3CH3.Sb/c1-2;;;;/h1H2,2H3;3*1H3;. The van der Waals surface area contributed by atoms with Gasteiger partial charge in [-0.05, 0) is 0 Å². The first-order valence-electron chi connectivity index (χ1n) is 2.36. The molecular formula is C5H14Sb. The van der Waals surface area contributed by atoms with Crippen molar-refractivity contribution >= 4 is 18.8 Å². The van der Waals surface area contributed by atoms with Crippen LogP contribution in [0.25, 0.3) is 0 Å². The van der Waals surface area contributed by atoms with Gasteiger partial charge < -0.3 is 0 Å². The van der Waals surface area contributed by atoms with E-state index in [2.05, 4.69) is 21.5 Å². The summed E-state index contributed by atoms with van der Waals surface area (Å²) in [6.45, 7) is 2.30. The van der Waals surface area contributed by atoms with Gasteiger partial charge in [0.25, 0.3) is 0 Å². The van der Waals surface area contributed by atoms with E-state index in [1.165, 1.54) is 4.37 Å². The van der Waals surface area contributed by atoms with Crippen molar-refractivity contribution < 1.29 is 0 Å². The summed E-state index contributed by atoms with van der Waals surface area (Å²) in [5, 5.41) is 0. The Hall–Kier alpha value is 0.818. The zero-order valence-electron chi connectivity index (χ0n) is 5.15. The first kappa shape index (κ1) is 6.82. The Morgan fingerprint density at radius 2 is 1.33 bits per heavy atom. The van der Waals surface area contributed by atoms with E-state index in [0.29, 0.717) is 0 Å². The fourth-order valence-corrected chi connectivity index (χ4v) is 0. The maximum atomic E-state index is 2.44. The molecule has 0 unspecified atom stereocenters. The number of hydrogen-bond acceptors (Lipinski definition) is 0. The van der Waals surface area contributed by atoms with E-state index in [1.54, 1.807) is 0 Å². The van der Waals surface area contributed by atoms with Crippen molar-refractivity contribution in [3.63, 3.8) is 0 Å². The Morgan fingerprint density at radius 1 is 1.17 bits per heavy atom. The Kier molecular flexibility index (Phi) is 2.51. The van der Waals surface area contributed by atoms with Gasteiger partial charge in [0.15, 0.2) is 0 Å². The molecule has 0 atom stereocenters. The van der Waals surface area contributed by atoms with Crippen molar-refractivity contribution in [1.29, 1.82) is 0 Å². The van der Waals surface area contributed by atoms with Gasteiger partial charge in [-0.3, -0.25) is 0 Å². The monoisotopic (exact) mass is 195 g/mol. The molecule has 0 heterocycles. The fourth-order valence-electron chi connectivity index (χ4n) is 0. The second kappa shape index (κ2) is 2.21. The minimum atomic E-state index is -1.15. The van der Waals surface area contributed by atoms with Gasteiger partial charge in [-0.1, -0.05) is 0 Å². The van der Waals surface area contributed by atoms with Gasteiger partial charge in [0.05, 0.1) is 0 Å². The predicted molar refractivity (Wildman–Crippen MR) is 33.8 cm³/mol. The molecule has 0 aromatic carbocycles. The van der Waals surface area contributed by atoms with Crippen molar-refractivity contribution in [1.82, 2.24) is 0 Å². The van der Waals surface area contributed by atoms with Crippen molar-refractivity contribution in [2.75, 3.05) is 0 Å². The third-order valence-electron chi connectivity index (χ3n) is 0.949. The quantitative estimate of drug-likeness (QED) is 0.564. The third-order valence-corrected chi connectivity index (χ3v) is 6.36. The molecule has 0 amide bonds. The summed E-state index contributed by atoms with van der Waals surface area (Å²) < 4.78 is 1.47. The molecule has 39 valence electrons. The summed E-state index contributed by atoms with van der Waals surface area (Å²) >= 11 is -1.15. The van der Waals surface area contributed by atoms with E-state index in [-0.39, 0.29) is 0 Å². The average molecular weight is 196 g/mol. The molecular weight excluding hydrogens is 182 g/mol. The SMILES string of the molecule is C[CH2][Sb]([CH3])([CH3])[CH3]. The minimum absolute atomic E-state index is 1.15. The van der Waals surface area contributed by atoms with Gasteiger partial charge in [-0.15, -0.1) is 0 Å². The average Bonchev–Trinajstić information content (AvgIpc) is 1.35. The zero-order valence-corrected chi connectivity index (χ0v) is 7.71. The van der Waals surface area contributed by atoms with Crippen LogP contribution < -0.4 is 0 Å². The van der Waals surface area contributed by atoms with Crippen LogP contribution in [-0.2, 0) is 0 Å². The number of rotatable bonds is 1. The normalized spacial score (nSPS) is 12.0. The molecule has 1 heteroatoms. The van der Waals surface area contributed by atoms with E-state index >= 15 is 0 Å². The first-order valence-corrected chi connectivity index (χ1v) is 11.8. The Bertz CT molecular complexity index is 33.7. The molecule has 0 spiro atoms. The van der Waals surface area contributed by atoms with Crippen LogP contribution in [0.3, 0.4) is 0 Å². The summed E-state index contributed by atoms with van der Waals surface area (Å²) in [5.74, 6) is 0. The van der Waals surface area contributed by atoms with Crippen LogP contribution in [0.4, 0.5) is 0 Å². The van der Waals surface area contributed by atoms with Gasteiger partial charge >= 0.3 is 44.7 Å². The fraction of sp³-hybridized carbons (Fsp3) is 1.00. The molecule has 0 saturated carbocycles. The van der Waals surface area contributed by atoms with E-state index < -0.39 is 18.8 Å². The van der Waals surface area contributed by atoms with Gasteiger partial charge in [-0.25, -0.2) is 0 Å². The van der Waals surface area contributed by atoms with E-state index in [9.17, 15) is 0 Å². The van der Waals surface area contributed by atoms with Crippen LogP contribution in [0.5, 0.6) is 0 Å². The predicted octanol–water partition coefficient (Wildman–Crippen LogP) is 2.34. The van der Waals surface area contributed by atoms with Crippen molar-refractivity contribution in [3.8, 4) is 0 Å². The van der Waals surface area contributed by atoms with Crippen molar-refractivity contribution in [3.05, 3.63) is 0 Å². The molecule has 0 fully saturated rings. The van der Waals surface area contributed by atoms with Crippen LogP contribution in [0.2, 0.25) is 19.0 Å². The topological polar surface area (TPSA) is 0 Å². The summed E-state index contributed by atoms with van der Waals surface area (Å²) in [6, 6.07) is 0.